The molecule has 0 saturated heterocycles. The molecule has 3 aromatic rings. The monoisotopic (exact) mass is 565 g/mol. The highest BCUT2D eigenvalue weighted by Gasteiger charge is 2.25. The highest BCUT2D eigenvalue weighted by molar-refractivity contribution is 7.99. The van der Waals surface area contributed by atoms with Crippen LogP contribution in [0.5, 0.6) is 0 Å². The van der Waals surface area contributed by atoms with E-state index in [9.17, 15) is 9.59 Å². The number of carbonyl (C=O) groups excluding carboxylic acids is 2. The lowest BCUT2D eigenvalue weighted by molar-refractivity contribution is -0.113. The Morgan fingerprint density at radius 3 is 2.53 bits per heavy atom. The number of allylic oxidation sites excluding steroid dienone is 1. The van der Waals surface area contributed by atoms with Crippen molar-refractivity contribution in [2.24, 2.45) is 5.92 Å². The first-order chi connectivity index (χ1) is 17.2. The maximum absolute atomic E-state index is 13.0. The van der Waals surface area contributed by atoms with Crippen molar-refractivity contribution in [1.29, 1.82) is 0 Å². The van der Waals surface area contributed by atoms with Crippen LogP contribution in [0.1, 0.15) is 42.5 Å². The topological polar surface area (TPSA) is 88.9 Å². The lowest BCUT2D eigenvalue weighted by Crippen LogP contribution is -2.32. The van der Waals surface area contributed by atoms with Gasteiger partial charge >= 0.3 is 0 Å². The maximum atomic E-state index is 13.0. The average Bonchev–Trinajstić information content (AvgIpc) is 3.19. The summed E-state index contributed by atoms with van der Waals surface area (Å²) in [4.78, 5) is 25.5. The van der Waals surface area contributed by atoms with Crippen molar-refractivity contribution in [2.45, 2.75) is 38.0 Å². The Kier molecular flexibility index (Phi) is 10.2. The van der Waals surface area contributed by atoms with E-state index in [1.165, 1.54) is 17.8 Å². The molecule has 0 aliphatic rings. The van der Waals surface area contributed by atoms with Gasteiger partial charge < -0.3 is 15.2 Å². The smallest absolute Gasteiger partial charge is 0.253 e. The summed E-state index contributed by atoms with van der Waals surface area (Å²) in [5.74, 6) is 0.389. The van der Waals surface area contributed by atoms with E-state index in [0.29, 0.717) is 45.2 Å². The number of nitrogens with one attached hydrogen (secondary N) is 2. The molecule has 0 fully saturated rings. The summed E-state index contributed by atoms with van der Waals surface area (Å²) in [7, 11) is 0. The van der Waals surface area contributed by atoms with Crippen molar-refractivity contribution < 1.29 is 9.59 Å². The molecule has 0 bridgehead atoms. The molecule has 0 saturated carbocycles. The lowest BCUT2D eigenvalue weighted by Gasteiger charge is -2.21. The zero-order chi connectivity index (χ0) is 26.2. The van der Waals surface area contributed by atoms with Gasteiger partial charge in [-0.1, -0.05) is 72.6 Å². The van der Waals surface area contributed by atoms with Gasteiger partial charge in [-0.05, 0) is 48.7 Å². The minimum absolute atomic E-state index is 0.114. The number of amides is 2. The number of rotatable bonds is 11. The molecule has 1 atom stereocenters. The molecule has 36 heavy (non-hydrogen) atoms. The zero-order valence-corrected chi connectivity index (χ0v) is 22.9. The number of thioether (sulfide) groups is 1. The fraction of sp³-hybridized carbons (Fsp3) is 0.280. The second kappa shape index (κ2) is 13.1. The molecular weight excluding hydrogens is 541 g/mol. The van der Waals surface area contributed by atoms with Gasteiger partial charge in [0.1, 0.15) is 0 Å². The van der Waals surface area contributed by atoms with Crippen LogP contribution in [0.3, 0.4) is 0 Å². The van der Waals surface area contributed by atoms with Crippen LogP contribution in [0, 0.1) is 5.92 Å². The molecule has 0 unspecified atom stereocenters. The first-order valence-corrected chi connectivity index (χ1v) is 13.3. The highest BCUT2D eigenvalue weighted by Crippen LogP contribution is 2.27. The Labute approximate surface area is 229 Å². The van der Waals surface area contributed by atoms with E-state index >= 15 is 0 Å². The van der Waals surface area contributed by atoms with Gasteiger partial charge in [-0.3, -0.25) is 9.59 Å². The quantitative estimate of drug-likeness (QED) is 0.200. The number of hydrogen-bond donors (Lipinski definition) is 2. The summed E-state index contributed by atoms with van der Waals surface area (Å²) in [5, 5.41) is 16.3. The Balaban J connectivity index is 1.78. The molecule has 0 radical (unpaired) electrons. The summed E-state index contributed by atoms with van der Waals surface area (Å²) in [5.41, 5.74) is 0.929. The normalized spacial score (nSPS) is 11.8. The molecule has 2 aromatic carbocycles. The summed E-state index contributed by atoms with van der Waals surface area (Å²) < 4.78 is 1.85. The van der Waals surface area contributed by atoms with Gasteiger partial charge in [0, 0.05) is 22.3 Å². The molecule has 3 rings (SSSR count). The molecule has 190 valence electrons. The van der Waals surface area contributed by atoms with Gasteiger partial charge in [-0.25, -0.2) is 0 Å². The lowest BCUT2D eigenvalue weighted by atomic mass is 10.0. The number of carbonyl (C=O) groups is 2. The van der Waals surface area contributed by atoms with Crippen LogP contribution in [-0.2, 0) is 11.3 Å². The Bertz CT molecular complexity index is 1250. The maximum Gasteiger partial charge on any atom is 0.253 e. The number of nitrogens with zero attached hydrogens (tertiary/aromatic N) is 3. The second-order valence-electron chi connectivity index (χ2n) is 8.37. The standard InChI is InChI=1S/C25H26Cl3N5O2S/c1-4-10-33-23(21(11-15(2)3)30-24(35)19-9-8-17(27)13-20(19)28)31-32-25(33)36-14-22(34)29-18-7-5-6-16(26)12-18/h4-9,12-13,15,21H,1,10-11,14H2,2-3H3,(H,29,34)(H,30,35)/t21-/m1/s1. The van der Waals surface area contributed by atoms with E-state index in [2.05, 4.69) is 41.3 Å². The van der Waals surface area contributed by atoms with E-state index in [4.69, 9.17) is 34.8 Å². The molecule has 0 spiro atoms. The van der Waals surface area contributed by atoms with Crippen LogP contribution in [0.25, 0.3) is 0 Å². The van der Waals surface area contributed by atoms with Crippen LogP contribution >= 0.6 is 46.6 Å². The molecule has 11 heteroatoms. The highest BCUT2D eigenvalue weighted by atomic mass is 35.5. The van der Waals surface area contributed by atoms with Crippen molar-refractivity contribution in [3.05, 3.63) is 81.6 Å². The number of benzene rings is 2. The van der Waals surface area contributed by atoms with Gasteiger partial charge in [0.05, 0.1) is 22.4 Å². The third-order valence-corrected chi connectivity index (χ3v) is 6.75. The number of anilines is 1. The van der Waals surface area contributed by atoms with Crippen molar-refractivity contribution in [3.63, 3.8) is 0 Å². The fourth-order valence-electron chi connectivity index (χ4n) is 3.47. The molecule has 7 nitrogen and oxygen atoms in total. The molecule has 2 N–H and O–H groups in total. The third kappa shape index (κ3) is 7.74. The Morgan fingerprint density at radius 1 is 1.11 bits per heavy atom. The fourth-order valence-corrected chi connectivity index (χ4v) is 4.91. The first-order valence-electron chi connectivity index (χ1n) is 11.2. The predicted octanol–water partition coefficient (Wildman–Crippen LogP) is 6.67. The second-order valence-corrected chi connectivity index (χ2v) is 10.6. The molecule has 2 amide bonds. The van der Waals surface area contributed by atoms with Gasteiger partial charge in [0.2, 0.25) is 5.91 Å². The van der Waals surface area contributed by atoms with Crippen LogP contribution in [-0.4, -0.2) is 32.3 Å². The zero-order valence-electron chi connectivity index (χ0n) is 19.8. The molecule has 0 aliphatic carbocycles. The number of halogens is 3. The van der Waals surface area contributed by atoms with E-state index in [0.717, 1.165) is 0 Å². The van der Waals surface area contributed by atoms with E-state index in [1.54, 1.807) is 42.5 Å². The summed E-state index contributed by atoms with van der Waals surface area (Å²) in [6.45, 7) is 8.35. The first kappa shape index (κ1) is 28.1. The minimum Gasteiger partial charge on any atom is -0.342 e. The van der Waals surface area contributed by atoms with Crippen LogP contribution < -0.4 is 10.6 Å². The largest absolute Gasteiger partial charge is 0.342 e. The van der Waals surface area contributed by atoms with E-state index < -0.39 is 6.04 Å². The van der Waals surface area contributed by atoms with E-state index in [-0.39, 0.29) is 28.5 Å². The van der Waals surface area contributed by atoms with Crippen molar-refractivity contribution in [1.82, 2.24) is 20.1 Å². The Hall–Kier alpha value is -2.52. The van der Waals surface area contributed by atoms with Gasteiger partial charge in [0.15, 0.2) is 11.0 Å². The average molecular weight is 567 g/mol. The number of aromatic nitrogens is 3. The minimum atomic E-state index is -0.439. The van der Waals surface area contributed by atoms with Crippen LogP contribution in [0.2, 0.25) is 15.1 Å². The van der Waals surface area contributed by atoms with E-state index in [1.807, 2.05) is 4.57 Å². The molecule has 1 aromatic heterocycles. The van der Waals surface area contributed by atoms with Crippen LogP contribution in [0.4, 0.5) is 5.69 Å². The van der Waals surface area contributed by atoms with Crippen LogP contribution in [0.15, 0.2) is 60.3 Å². The molecule has 1 heterocycles. The summed E-state index contributed by atoms with van der Waals surface area (Å²) >= 11 is 19.4. The van der Waals surface area contributed by atoms with Crippen molar-refractivity contribution in [2.75, 3.05) is 11.1 Å². The summed E-state index contributed by atoms with van der Waals surface area (Å²) in [6, 6.07) is 11.2. The predicted molar refractivity (Wildman–Crippen MR) is 147 cm³/mol. The summed E-state index contributed by atoms with van der Waals surface area (Å²) in [6.07, 6.45) is 2.33. The number of hydrogen-bond acceptors (Lipinski definition) is 5. The van der Waals surface area contributed by atoms with Crippen molar-refractivity contribution >= 4 is 64.1 Å². The van der Waals surface area contributed by atoms with Gasteiger partial charge in [-0.15, -0.1) is 16.8 Å². The SMILES string of the molecule is C=CCn1c(SCC(=O)Nc2cccc(Cl)c2)nnc1[C@@H](CC(C)C)NC(=O)c1ccc(Cl)cc1Cl. The molecule has 0 aliphatic heterocycles. The third-order valence-electron chi connectivity index (χ3n) is 5.00. The van der Waals surface area contributed by atoms with Crippen molar-refractivity contribution in [3.8, 4) is 0 Å². The Morgan fingerprint density at radius 2 is 1.86 bits per heavy atom. The van der Waals surface area contributed by atoms with Gasteiger partial charge in [0.25, 0.3) is 5.91 Å². The molecular formula is C25H26Cl3N5O2S. The van der Waals surface area contributed by atoms with Gasteiger partial charge in [-0.2, -0.15) is 0 Å².